The van der Waals surface area contributed by atoms with Gasteiger partial charge in [0.15, 0.2) is 0 Å². The lowest BCUT2D eigenvalue weighted by Gasteiger charge is -2.22. The lowest BCUT2D eigenvalue weighted by atomic mass is 10.0. The maximum Gasteiger partial charge on any atom is 0.416 e. The van der Waals surface area contributed by atoms with Crippen LogP contribution in [0.1, 0.15) is 79.3 Å². The van der Waals surface area contributed by atoms with Gasteiger partial charge in [0.25, 0.3) is 0 Å². The Hall–Kier alpha value is -2.22. The minimum Gasteiger partial charge on any atom is -0.490 e. The van der Waals surface area contributed by atoms with Gasteiger partial charge in [-0.2, -0.15) is 26.3 Å². The summed E-state index contributed by atoms with van der Waals surface area (Å²) in [6.45, 7) is 4.35. The van der Waals surface area contributed by atoms with Gasteiger partial charge in [-0.15, -0.1) is 0 Å². The molecule has 0 radical (unpaired) electrons. The number of rotatable bonds is 10. The minimum atomic E-state index is -4.86. The van der Waals surface area contributed by atoms with Crippen LogP contribution in [0.5, 0.6) is 5.75 Å². The van der Waals surface area contributed by atoms with Crippen molar-refractivity contribution in [3.05, 3.63) is 63.7 Å². The van der Waals surface area contributed by atoms with Crippen LogP contribution in [0.2, 0.25) is 0 Å². The summed E-state index contributed by atoms with van der Waals surface area (Å²) in [6.07, 6.45) is -2.83. The molecule has 2 nitrogen and oxygen atoms in total. The molecular formula is C26H31F6NO. The molecule has 188 valence electrons. The molecule has 0 aromatic heterocycles. The predicted molar refractivity (Wildman–Crippen MR) is 120 cm³/mol. The topological polar surface area (TPSA) is 21.3 Å². The molecule has 0 heterocycles. The number of aryl methyl sites for hydroxylation is 2. The fourth-order valence-corrected chi connectivity index (χ4v) is 4.45. The van der Waals surface area contributed by atoms with Gasteiger partial charge in [0.2, 0.25) is 0 Å². The summed E-state index contributed by atoms with van der Waals surface area (Å²) in [6, 6.07) is 5.80. The standard InChI is InChI=1S/C26H31F6NO/c1-3-6-23(7-4-2)34-24-13-19-9-5-8-18(19)12-20(24)16-33-15-17-10-21(25(27,28)29)14-22(11-17)26(30,31)32/h10-14,23,33H,3-9,15-16H2,1-2H3. The first-order valence-electron chi connectivity index (χ1n) is 11.8. The van der Waals surface area contributed by atoms with Crippen LogP contribution in [0.15, 0.2) is 30.3 Å². The van der Waals surface area contributed by atoms with E-state index in [2.05, 4.69) is 31.3 Å². The summed E-state index contributed by atoms with van der Waals surface area (Å²) >= 11 is 0. The van der Waals surface area contributed by atoms with Gasteiger partial charge in [-0.25, -0.2) is 0 Å². The van der Waals surface area contributed by atoms with Crippen LogP contribution >= 0.6 is 0 Å². The zero-order chi connectivity index (χ0) is 24.9. The van der Waals surface area contributed by atoms with Crippen molar-refractivity contribution in [2.24, 2.45) is 0 Å². The van der Waals surface area contributed by atoms with Crippen LogP contribution < -0.4 is 10.1 Å². The fraction of sp³-hybridized carbons (Fsp3) is 0.538. The second-order valence-electron chi connectivity index (χ2n) is 8.92. The van der Waals surface area contributed by atoms with E-state index in [9.17, 15) is 26.3 Å². The Balaban J connectivity index is 1.80. The first-order chi connectivity index (χ1) is 16.0. The van der Waals surface area contributed by atoms with E-state index in [-0.39, 0.29) is 30.8 Å². The van der Waals surface area contributed by atoms with E-state index >= 15 is 0 Å². The number of nitrogens with one attached hydrogen (secondary N) is 1. The van der Waals surface area contributed by atoms with Crippen LogP contribution in [-0.2, 0) is 38.3 Å². The summed E-state index contributed by atoms with van der Waals surface area (Å²) in [7, 11) is 0. The Morgan fingerprint density at radius 2 is 1.35 bits per heavy atom. The predicted octanol–water partition coefficient (Wildman–Crippen LogP) is 7.85. The Morgan fingerprint density at radius 1 is 0.794 bits per heavy atom. The monoisotopic (exact) mass is 487 g/mol. The third kappa shape index (κ3) is 6.90. The van der Waals surface area contributed by atoms with Gasteiger partial charge in [-0.3, -0.25) is 0 Å². The number of ether oxygens (including phenoxy) is 1. The smallest absolute Gasteiger partial charge is 0.416 e. The maximum absolute atomic E-state index is 13.1. The summed E-state index contributed by atoms with van der Waals surface area (Å²) < 4.78 is 85.2. The molecule has 8 heteroatoms. The van der Waals surface area contributed by atoms with Gasteiger partial charge in [-0.1, -0.05) is 32.8 Å². The summed E-state index contributed by atoms with van der Waals surface area (Å²) in [5.41, 5.74) is 0.676. The highest BCUT2D eigenvalue weighted by Crippen LogP contribution is 2.36. The first kappa shape index (κ1) is 26.4. The highest BCUT2D eigenvalue weighted by atomic mass is 19.4. The normalized spacial score (nSPS) is 14.0. The number of hydrogen-bond acceptors (Lipinski definition) is 2. The third-order valence-corrected chi connectivity index (χ3v) is 6.08. The zero-order valence-electron chi connectivity index (χ0n) is 19.5. The molecule has 0 spiro atoms. The van der Waals surface area contributed by atoms with Crippen molar-refractivity contribution in [2.75, 3.05) is 0 Å². The first-order valence-corrected chi connectivity index (χ1v) is 11.8. The van der Waals surface area contributed by atoms with E-state index in [0.29, 0.717) is 0 Å². The maximum atomic E-state index is 13.1. The molecule has 0 unspecified atom stereocenters. The van der Waals surface area contributed by atoms with Gasteiger partial charge in [-0.05, 0) is 73.1 Å². The van der Waals surface area contributed by atoms with Gasteiger partial charge in [0.1, 0.15) is 5.75 Å². The summed E-state index contributed by atoms with van der Waals surface area (Å²) in [5.74, 6) is 0.750. The molecule has 0 amide bonds. The number of halogens is 6. The van der Waals surface area contributed by atoms with Crippen molar-refractivity contribution < 1.29 is 31.1 Å². The van der Waals surface area contributed by atoms with Gasteiger partial charge in [0.05, 0.1) is 17.2 Å². The van der Waals surface area contributed by atoms with Crippen LogP contribution in [0.3, 0.4) is 0 Å². The van der Waals surface area contributed by atoms with Crippen molar-refractivity contribution in [2.45, 2.75) is 90.3 Å². The quantitative estimate of drug-likeness (QED) is 0.345. The molecule has 0 saturated heterocycles. The van der Waals surface area contributed by atoms with E-state index in [0.717, 1.165) is 68.4 Å². The molecule has 0 saturated carbocycles. The Kier molecular flexibility index (Phi) is 8.55. The minimum absolute atomic E-state index is 0.0689. The fourth-order valence-electron chi connectivity index (χ4n) is 4.45. The highest BCUT2D eigenvalue weighted by molar-refractivity contribution is 5.45. The van der Waals surface area contributed by atoms with Crippen LogP contribution in [0.25, 0.3) is 0 Å². The average Bonchev–Trinajstić information content (AvgIpc) is 3.20. The van der Waals surface area contributed by atoms with Gasteiger partial charge in [0, 0.05) is 18.7 Å². The largest absolute Gasteiger partial charge is 0.490 e. The van der Waals surface area contributed by atoms with Crippen molar-refractivity contribution in [1.82, 2.24) is 5.32 Å². The van der Waals surface area contributed by atoms with E-state index in [1.54, 1.807) is 0 Å². The Morgan fingerprint density at radius 3 is 1.88 bits per heavy atom. The van der Waals surface area contributed by atoms with E-state index in [4.69, 9.17) is 4.74 Å². The lowest BCUT2D eigenvalue weighted by Crippen LogP contribution is -2.20. The van der Waals surface area contributed by atoms with E-state index in [1.165, 1.54) is 11.1 Å². The van der Waals surface area contributed by atoms with Crippen LogP contribution in [-0.4, -0.2) is 6.10 Å². The Labute approximate surface area is 196 Å². The van der Waals surface area contributed by atoms with Gasteiger partial charge < -0.3 is 10.1 Å². The molecular weight excluding hydrogens is 456 g/mol. The molecule has 34 heavy (non-hydrogen) atoms. The number of benzene rings is 2. The zero-order valence-corrected chi connectivity index (χ0v) is 19.5. The van der Waals surface area contributed by atoms with Crippen LogP contribution in [0.4, 0.5) is 26.3 Å². The molecule has 1 N–H and O–H groups in total. The molecule has 1 aliphatic carbocycles. The highest BCUT2D eigenvalue weighted by Gasteiger charge is 2.36. The molecule has 0 atom stereocenters. The van der Waals surface area contributed by atoms with Crippen LogP contribution in [0, 0.1) is 0 Å². The average molecular weight is 488 g/mol. The summed E-state index contributed by atoms with van der Waals surface area (Å²) in [5, 5.41) is 3.03. The molecule has 0 fully saturated rings. The third-order valence-electron chi connectivity index (χ3n) is 6.08. The molecule has 3 rings (SSSR count). The van der Waals surface area contributed by atoms with Crippen molar-refractivity contribution in [3.63, 3.8) is 0 Å². The molecule has 1 aliphatic rings. The number of alkyl halides is 6. The number of fused-ring (bicyclic) bond motifs is 1. The van der Waals surface area contributed by atoms with Crippen molar-refractivity contribution >= 4 is 0 Å². The Bertz CT molecular complexity index is 929. The van der Waals surface area contributed by atoms with Crippen molar-refractivity contribution in [1.29, 1.82) is 0 Å². The number of hydrogen-bond donors (Lipinski definition) is 1. The molecule has 0 bridgehead atoms. The molecule has 2 aromatic carbocycles. The SMILES string of the molecule is CCCC(CCC)Oc1cc2c(cc1CNCc1cc(C(F)(F)F)cc(C(F)(F)F)c1)CCC2. The van der Waals surface area contributed by atoms with Crippen molar-refractivity contribution in [3.8, 4) is 5.75 Å². The van der Waals surface area contributed by atoms with Gasteiger partial charge >= 0.3 is 12.4 Å². The molecule has 2 aromatic rings. The van der Waals surface area contributed by atoms with E-state index in [1.807, 2.05) is 0 Å². The second-order valence-corrected chi connectivity index (χ2v) is 8.92. The lowest BCUT2D eigenvalue weighted by molar-refractivity contribution is -0.143. The summed E-state index contributed by atoms with van der Waals surface area (Å²) in [4.78, 5) is 0. The van der Waals surface area contributed by atoms with E-state index < -0.39 is 23.5 Å². The molecule has 0 aliphatic heterocycles. The second kappa shape index (κ2) is 11.0.